The zero-order valence-electron chi connectivity index (χ0n) is 13.8. The lowest BCUT2D eigenvalue weighted by Gasteiger charge is -2.17. The van der Waals surface area contributed by atoms with Gasteiger partial charge in [0.15, 0.2) is 0 Å². The Hall–Kier alpha value is -2.33. The first-order valence-electron chi connectivity index (χ1n) is 7.87. The number of hydrogen-bond acceptors (Lipinski definition) is 2. The lowest BCUT2D eigenvalue weighted by Crippen LogP contribution is -2.45. The first kappa shape index (κ1) is 18.0. The molecule has 2 unspecified atom stereocenters. The molecule has 2 rings (SSSR count). The molecule has 2 aromatic rings. The zero-order valence-corrected chi connectivity index (χ0v) is 14.5. The average Bonchev–Trinajstić information content (AvgIpc) is 2.60. The van der Waals surface area contributed by atoms with E-state index in [-0.39, 0.29) is 17.7 Å². The van der Waals surface area contributed by atoms with Crippen molar-refractivity contribution in [3.8, 4) is 0 Å². The Labute approximate surface area is 147 Å². The molecule has 2 amide bonds. The minimum absolute atomic E-state index is 0.196. The van der Waals surface area contributed by atoms with Crippen molar-refractivity contribution in [3.05, 3.63) is 70.7 Å². The summed E-state index contributed by atoms with van der Waals surface area (Å²) in [5.74, 6) is -0.390. The molecule has 4 nitrogen and oxygen atoms in total. The highest BCUT2D eigenvalue weighted by Crippen LogP contribution is 2.15. The van der Waals surface area contributed by atoms with Crippen LogP contribution in [0.3, 0.4) is 0 Å². The number of nitrogens with one attached hydrogen (secondary N) is 2. The molecule has 24 heavy (non-hydrogen) atoms. The van der Waals surface area contributed by atoms with Crippen LogP contribution in [-0.2, 0) is 4.79 Å². The topological polar surface area (TPSA) is 58.2 Å². The molecular formula is C19H21ClN2O2. The molecule has 0 fully saturated rings. The number of rotatable bonds is 6. The van der Waals surface area contributed by atoms with Crippen LogP contribution in [-0.4, -0.2) is 24.4 Å². The predicted octanol–water partition coefficient (Wildman–Crippen LogP) is 3.38. The molecule has 0 radical (unpaired) electrons. The van der Waals surface area contributed by atoms with Gasteiger partial charge in [0.25, 0.3) is 5.91 Å². The second-order valence-electron chi connectivity index (χ2n) is 5.73. The van der Waals surface area contributed by atoms with E-state index in [0.29, 0.717) is 17.1 Å². The monoisotopic (exact) mass is 344 g/mol. The third kappa shape index (κ3) is 4.83. The van der Waals surface area contributed by atoms with E-state index in [1.807, 2.05) is 37.3 Å². The summed E-state index contributed by atoms with van der Waals surface area (Å²) in [6.07, 6.45) is 0. The van der Waals surface area contributed by atoms with Crippen LogP contribution < -0.4 is 10.6 Å². The molecule has 0 aliphatic rings. The third-order valence-corrected chi connectivity index (χ3v) is 4.14. The van der Waals surface area contributed by atoms with Crippen molar-refractivity contribution in [2.24, 2.45) is 0 Å². The molecule has 0 saturated carbocycles. The van der Waals surface area contributed by atoms with Crippen molar-refractivity contribution in [3.63, 3.8) is 0 Å². The van der Waals surface area contributed by atoms with Gasteiger partial charge < -0.3 is 10.6 Å². The molecule has 2 atom stereocenters. The summed E-state index contributed by atoms with van der Waals surface area (Å²) >= 11 is 5.99. The zero-order chi connectivity index (χ0) is 17.5. The highest BCUT2D eigenvalue weighted by Gasteiger charge is 2.18. The normalized spacial score (nSPS) is 13.0. The molecule has 0 spiro atoms. The van der Waals surface area contributed by atoms with Crippen LogP contribution in [0.4, 0.5) is 0 Å². The molecule has 0 heterocycles. The number of amides is 2. The first-order valence-corrected chi connectivity index (χ1v) is 8.25. The van der Waals surface area contributed by atoms with E-state index in [1.165, 1.54) is 0 Å². The third-order valence-electron chi connectivity index (χ3n) is 3.81. The second kappa shape index (κ2) is 8.50. The lowest BCUT2D eigenvalue weighted by molar-refractivity contribution is -0.122. The SMILES string of the molecule is CC(NC(=O)c1ccccc1Cl)C(=O)NCC(C)c1ccccc1. The van der Waals surface area contributed by atoms with Gasteiger partial charge in [-0.3, -0.25) is 9.59 Å². The number of carbonyl (C=O) groups is 2. The fraction of sp³-hybridized carbons (Fsp3) is 0.263. The highest BCUT2D eigenvalue weighted by molar-refractivity contribution is 6.33. The fourth-order valence-corrected chi connectivity index (χ4v) is 2.51. The minimum Gasteiger partial charge on any atom is -0.354 e. The minimum atomic E-state index is -0.642. The Balaban J connectivity index is 1.86. The predicted molar refractivity (Wildman–Crippen MR) is 96.2 cm³/mol. The Morgan fingerprint density at radius 1 is 1.00 bits per heavy atom. The van der Waals surface area contributed by atoms with E-state index in [4.69, 9.17) is 11.6 Å². The Bertz CT molecular complexity index is 704. The average molecular weight is 345 g/mol. The van der Waals surface area contributed by atoms with Gasteiger partial charge in [-0.15, -0.1) is 0 Å². The Kier molecular flexibility index (Phi) is 6.38. The summed E-state index contributed by atoms with van der Waals surface area (Å²) < 4.78 is 0. The lowest BCUT2D eigenvalue weighted by atomic mass is 10.0. The van der Waals surface area contributed by atoms with E-state index in [0.717, 1.165) is 5.56 Å². The van der Waals surface area contributed by atoms with Crippen molar-refractivity contribution in [2.75, 3.05) is 6.54 Å². The maximum Gasteiger partial charge on any atom is 0.253 e. The van der Waals surface area contributed by atoms with Crippen molar-refractivity contribution in [2.45, 2.75) is 25.8 Å². The number of carbonyl (C=O) groups excluding carboxylic acids is 2. The molecule has 0 saturated heterocycles. The molecular weight excluding hydrogens is 324 g/mol. The van der Waals surface area contributed by atoms with Crippen LogP contribution in [0, 0.1) is 0 Å². The molecule has 0 aliphatic carbocycles. The van der Waals surface area contributed by atoms with Gasteiger partial charge in [0.05, 0.1) is 10.6 Å². The van der Waals surface area contributed by atoms with Gasteiger partial charge in [0, 0.05) is 6.54 Å². The van der Waals surface area contributed by atoms with Gasteiger partial charge in [-0.1, -0.05) is 61.0 Å². The number of halogens is 1. The quantitative estimate of drug-likeness (QED) is 0.844. The van der Waals surface area contributed by atoms with Crippen molar-refractivity contribution in [1.82, 2.24) is 10.6 Å². The van der Waals surface area contributed by atoms with Gasteiger partial charge in [-0.2, -0.15) is 0 Å². The summed E-state index contributed by atoms with van der Waals surface area (Å²) in [4.78, 5) is 24.3. The largest absolute Gasteiger partial charge is 0.354 e. The number of hydrogen-bond donors (Lipinski definition) is 2. The summed E-state index contributed by atoms with van der Waals surface area (Å²) in [6, 6.07) is 16.1. The van der Waals surface area contributed by atoms with Gasteiger partial charge in [0.2, 0.25) is 5.91 Å². The summed E-state index contributed by atoms with van der Waals surface area (Å²) in [5, 5.41) is 5.89. The van der Waals surface area contributed by atoms with Crippen LogP contribution in [0.15, 0.2) is 54.6 Å². The van der Waals surface area contributed by atoms with E-state index < -0.39 is 6.04 Å². The molecule has 0 aliphatic heterocycles. The summed E-state index contributed by atoms with van der Waals surface area (Å²) in [6.45, 7) is 4.20. The van der Waals surface area contributed by atoms with Crippen molar-refractivity contribution >= 4 is 23.4 Å². The van der Waals surface area contributed by atoms with E-state index >= 15 is 0 Å². The van der Waals surface area contributed by atoms with Gasteiger partial charge in [-0.25, -0.2) is 0 Å². The molecule has 2 aromatic carbocycles. The van der Waals surface area contributed by atoms with Gasteiger partial charge >= 0.3 is 0 Å². The van der Waals surface area contributed by atoms with E-state index in [2.05, 4.69) is 10.6 Å². The Morgan fingerprint density at radius 3 is 2.29 bits per heavy atom. The van der Waals surface area contributed by atoms with E-state index in [1.54, 1.807) is 31.2 Å². The Morgan fingerprint density at radius 2 is 1.62 bits per heavy atom. The smallest absolute Gasteiger partial charge is 0.253 e. The van der Waals surface area contributed by atoms with Crippen LogP contribution in [0.25, 0.3) is 0 Å². The maximum atomic E-state index is 12.2. The van der Waals surface area contributed by atoms with Crippen LogP contribution in [0.1, 0.15) is 35.7 Å². The van der Waals surface area contributed by atoms with Crippen LogP contribution >= 0.6 is 11.6 Å². The second-order valence-corrected chi connectivity index (χ2v) is 6.14. The van der Waals surface area contributed by atoms with Crippen LogP contribution in [0.5, 0.6) is 0 Å². The molecule has 0 aromatic heterocycles. The van der Waals surface area contributed by atoms with Crippen LogP contribution in [0.2, 0.25) is 5.02 Å². The van der Waals surface area contributed by atoms with Crippen molar-refractivity contribution in [1.29, 1.82) is 0 Å². The summed E-state index contributed by atoms with van der Waals surface area (Å²) in [5.41, 5.74) is 1.52. The highest BCUT2D eigenvalue weighted by atomic mass is 35.5. The summed E-state index contributed by atoms with van der Waals surface area (Å²) in [7, 11) is 0. The molecule has 5 heteroatoms. The first-order chi connectivity index (χ1) is 11.5. The molecule has 126 valence electrons. The standard InChI is InChI=1S/C19H21ClN2O2/c1-13(15-8-4-3-5-9-15)12-21-18(23)14(2)22-19(24)16-10-6-7-11-17(16)20/h3-11,13-14H,12H2,1-2H3,(H,21,23)(H,22,24). The maximum absolute atomic E-state index is 12.2. The van der Waals surface area contributed by atoms with E-state index in [9.17, 15) is 9.59 Å². The number of benzene rings is 2. The fourth-order valence-electron chi connectivity index (χ4n) is 2.29. The van der Waals surface area contributed by atoms with Crippen molar-refractivity contribution < 1.29 is 9.59 Å². The van der Waals surface area contributed by atoms with Gasteiger partial charge in [0.1, 0.15) is 6.04 Å². The molecule has 0 bridgehead atoms. The van der Waals surface area contributed by atoms with Gasteiger partial charge in [-0.05, 0) is 30.5 Å². The molecule has 2 N–H and O–H groups in total.